The van der Waals surface area contributed by atoms with Crippen LogP contribution in [-0.4, -0.2) is 0 Å². The predicted octanol–water partition coefficient (Wildman–Crippen LogP) is 3.54. The van der Waals surface area contributed by atoms with Crippen LogP contribution in [0.25, 0.3) is 0 Å². The topological polar surface area (TPSA) is 38.0 Å². The van der Waals surface area contributed by atoms with E-state index in [1.54, 1.807) is 0 Å². The summed E-state index contributed by atoms with van der Waals surface area (Å²) in [7, 11) is 0. The van der Waals surface area contributed by atoms with Gasteiger partial charge in [0, 0.05) is 10.5 Å². The number of allylic oxidation sites excluding steroid dienone is 1. The minimum atomic E-state index is 0.198. The Balaban J connectivity index is 2.96. The van der Waals surface area contributed by atoms with Gasteiger partial charge in [-0.25, -0.2) is 0 Å². The van der Waals surface area contributed by atoms with E-state index < -0.39 is 0 Å². The van der Waals surface area contributed by atoms with Crippen LogP contribution in [-0.2, 0) is 0 Å². The molecule has 0 radical (unpaired) electrons. The number of rotatable bonds is 5. The third-order valence-corrected chi connectivity index (χ3v) is 3.97. The molecule has 88 valence electrons. The minimum absolute atomic E-state index is 0.198. The molecular formula is C13H19BrN2. The smallest absolute Gasteiger partial charge is 0.0463 e. The van der Waals surface area contributed by atoms with Crippen molar-refractivity contribution in [2.75, 3.05) is 0 Å². The summed E-state index contributed by atoms with van der Waals surface area (Å²) in [6, 6.07) is 4.54. The summed E-state index contributed by atoms with van der Waals surface area (Å²) in [6.45, 7) is 7.93. The van der Waals surface area contributed by atoms with Gasteiger partial charge in [-0.1, -0.05) is 34.1 Å². The number of aryl methyl sites for hydroxylation is 2. The standard InChI is InChI=1S/C13H19BrN2/c1-4-5-6-12(16-15)11-7-9(2)13(14)10(3)8-11/h4,7-8,12,16H,1,5-6,15H2,2-3H3. The largest absolute Gasteiger partial charge is 0.271 e. The molecule has 0 heterocycles. The Morgan fingerprint density at radius 2 is 2.00 bits per heavy atom. The molecule has 0 aromatic heterocycles. The maximum absolute atomic E-state index is 5.59. The number of nitrogens with one attached hydrogen (secondary N) is 1. The van der Waals surface area contributed by atoms with E-state index in [1.807, 2.05) is 6.08 Å². The summed E-state index contributed by atoms with van der Waals surface area (Å²) < 4.78 is 1.18. The first-order valence-corrected chi connectivity index (χ1v) is 6.23. The van der Waals surface area contributed by atoms with Crippen molar-refractivity contribution in [3.63, 3.8) is 0 Å². The molecule has 3 heteroatoms. The number of nitrogens with two attached hydrogens (primary N) is 1. The first-order chi connectivity index (χ1) is 7.60. The van der Waals surface area contributed by atoms with Crippen molar-refractivity contribution in [2.24, 2.45) is 5.84 Å². The fourth-order valence-corrected chi connectivity index (χ4v) is 2.04. The van der Waals surface area contributed by atoms with Gasteiger partial charge < -0.3 is 0 Å². The zero-order valence-corrected chi connectivity index (χ0v) is 11.5. The van der Waals surface area contributed by atoms with E-state index in [4.69, 9.17) is 5.84 Å². The van der Waals surface area contributed by atoms with Gasteiger partial charge in [0.1, 0.15) is 0 Å². The number of benzene rings is 1. The van der Waals surface area contributed by atoms with Gasteiger partial charge in [0.25, 0.3) is 0 Å². The highest BCUT2D eigenvalue weighted by Gasteiger charge is 2.11. The average molecular weight is 283 g/mol. The third-order valence-electron chi connectivity index (χ3n) is 2.72. The summed E-state index contributed by atoms with van der Waals surface area (Å²) >= 11 is 3.57. The van der Waals surface area contributed by atoms with Gasteiger partial charge in [-0.3, -0.25) is 11.3 Å². The Labute approximate surface area is 106 Å². The molecule has 1 aromatic carbocycles. The summed E-state index contributed by atoms with van der Waals surface area (Å²) in [5.74, 6) is 5.59. The van der Waals surface area contributed by atoms with E-state index in [-0.39, 0.29) is 6.04 Å². The second-order valence-electron chi connectivity index (χ2n) is 4.05. The van der Waals surface area contributed by atoms with Crippen LogP contribution in [0, 0.1) is 13.8 Å². The highest BCUT2D eigenvalue weighted by atomic mass is 79.9. The van der Waals surface area contributed by atoms with E-state index >= 15 is 0 Å². The number of hydrogen-bond acceptors (Lipinski definition) is 2. The molecule has 1 rings (SSSR count). The van der Waals surface area contributed by atoms with E-state index in [1.165, 1.54) is 21.2 Å². The highest BCUT2D eigenvalue weighted by Crippen LogP contribution is 2.27. The van der Waals surface area contributed by atoms with Crippen molar-refractivity contribution < 1.29 is 0 Å². The van der Waals surface area contributed by atoms with Crippen LogP contribution in [0.15, 0.2) is 29.3 Å². The van der Waals surface area contributed by atoms with Gasteiger partial charge in [0.05, 0.1) is 0 Å². The Bertz CT molecular complexity index is 351. The lowest BCUT2D eigenvalue weighted by Gasteiger charge is -2.17. The number of hydrazine groups is 1. The minimum Gasteiger partial charge on any atom is -0.271 e. The molecule has 0 bridgehead atoms. The zero-order chi connectivity index (χ0) is 12.1. The van der Waals surface area contributed by atoms with Crippen molar-refractivity contribution >= 4 is 15.9 Å². The molecule has 1 aromatic rings. The highest BCUT2D eigenvalue weighted by molar-refractivity contribution is 9.10. The number of halogens is 1. The van der Waals surface area contributed by atoms with Crippen LogP contribution in [0.5, 0.6) is 0 Å². The van der Waals surface area contributed by atoms with Gasteiger partial charge in [-0.15, -0.1) is 6.58 Å². The second kappa shape index (κ2) is 6.18. The normalized spacial score (nSPS) is 12.5. The van der Waals surface area contributed by atoms with Gasteiger partial charge in [0.15, 0.2) is 0 Å². The lowest BCUT2D eigenvalue weighted by atomic mass is 9.98. The SMILES string of the molecule is C=CCCC(NN)c1cc(C)c(Br)c(C)c1. The molecule has 0 aliphatic rings. The number of hydrogen-bond donors (Lipinski definition) is 2. The van der Waals surface area contributed by atoms with Crippen molar-refractivity contribution in [1.29, 1.82) is 0 Å². The molecule has 16 heavy (non-hydrogen) atoms. The monoisotopic (exact) mass is 282 g/mol. The lowest BCUT2D eigenvalue weighted by molar-refractivity contribution is 0.520. The van der Waals surface area contributed by atoms with Crippen LogP contribution in [0.1, 0.15) is 35.6 Å². The van der Waals surface area contributed by atoms with Crippen molar-refractivity contribution in [3.8, 4) is 0 Å². The Hall–Kier alpha value is -0.640. The predicted molar refractivity (Wildman–Crippen MR) is 73.1 cm³/mol. The van der Waals surface area contributed by atoms with E-state index in [9.17, 15) is 0 Å². The third kappa shape index (κ3) is 3.17. The molecule has 0 amide bonds. The molecule has 0 saturated carbocycles. The summed E-state index contributed by atoms with van der Waals surface area (Å²) in [6.07, 6.45) is 3.85. The molecule has 1 unspecified atom stereocenters. The summed E-state index contributed by atoms with van der Waals surface area (Å²) in [5, 5.41) is 0. The van der Waals surface area contributed by atoms with Crippen molar-refractivity contribution in [3.05, 3.63) is 46.0 Å². The van der Waals surface area contributed by atoms with Crippen LogP contribution >= 0.6 is 15.9 Å². The first-order valence-electron chi connectivity index (χ1n) is 5.43. The van der Waals surface area contributed by atoms with E-state index in [2.05, 4.69) is 53.9 Å². The molecule has 3 N–H and O–H groups in total. The molecule has 0 spiro atoms. The molecule has 0 aliphatic heterocycles. The molecule has 0 aliphatic carbocycles. The lowest BCUT2D eigenvalue weighted by Crippen LogP contribution is -2.28. The molecule has 1 atom stereocenters. The second-order valence-corrected chi connectivity index (χ2v) is 4.85. The molecular weight excluding hydrogens is 264 g/mol. The quantitative estimate of drug-likeness (QED) is 0.493. The molecule has 0 fully saturated rings. The van der Waals surface area contributed by atoms with Crippen LogP contribution < -0.4 is 11.3 Å². The summed E-state index contributed by atoms with van der Waals surface area (Å²) in [5.41, 5.74) is 6.59. The van der Waals surface area contributed by atoms with Gasteiger partial charge >= 0.3 is 0 Å². The van der Waals surface area contributed by atoms with Gasteiger partial charge in [-0.05, 0) is 43.4 Å². The maximum Gasteiger partial charge on any atom is 0.0463 e. The summed E-state index contributed by atoms with van der Waals surface area (Å²) in [4.78, 5) is 0. The average Bonchev–Trinajstić information content (AvgIpc) is 2.26. The van der Waals surface area contributed by atoms with Crippen LogP contribution in [0.4, 0.5) is 0 Å². The molecule has 2 nitrogen and oxygen atoms in total. The van der Waals surface area contributed by atoms with Gasteiger partial charge in [-0.2, -0.15) is 0 Å². The fraction of sp³-hybridized carbons (Fsp3) is 0.385. The zero-order valence-electron chi connectivity index (χ0n) is 9.89. The van der Waals surface area contributed by atoms with Crippen molar-refractivity contribution in [2.45, 2.75) is 32.7 Å². The Morgan fingerprint density at radius 3 is 2.44 bits per heavy atom. The van der Waals surface area contributed by atoms with Crippen LogP contribution in [0.3, 0.4) is 0 Å². The Kier molecular flexibility index (Phi) is 5.19. The Morgan fingerprint density at radius 1 is 1.44 bits per heavy atom. The first kappa shape index (κ1) is 13.4. The molecule has 0 saturated heterocycles. The van der Waals surface area contributed by atoms with Crippen LogP contribution in [0.2, 0.25) is 0 Å². The van der Waals surface area contributed by atoms with Crippen molar-refractivity contribution in [1.82, 2.24) is 5.43 Å². The van der Waals surface area contributed by atoms with Gasteiger partial charge in [0.2, 0.25) is 0 Å². The maximum atomic E-state index is 5.59. The fourth-order valence-electron chi connectivity index (χ4n) is 1.81. The van der Waals surface area contributed by atoms with E-state index in [0.29, 0.717) is 0 Å². The van der Waals surface area contributed by atoms with E-state index in [0.717, 1.165) is 12.8 Å².